The number of hydrogen-bond acceptors (Lipinski definition) is 6. The van der Waals surface area contributed by atoms with Gasteiger partial charge < -0.3 is 15.0 Å². The van der Waals surface area contributed by atoms with Crippen molar-refractivity contribution in [1.82, 2.24) is 30.4 Å². The van der Waals surface area contributed by atoms with Gasteiger partial charge in [-0.3, -0.25) is 14.7 Å². The van der Waals surface area contributed by atoms with Gasteiger partial charge in [-0.15, -0.1) is 0 Å². The topological polar surface area (TPSA) is 113 Å². The zero-order valence-corrected chi connectivity index (χ0v) is 18.0. The van der Waals surface area contributed by atoms with Gasteiger partial charge in [-0.05, 0) is 38.3 Å². The van der Waals surface area contributed by atoms with Crippen LogP contribution in [0.2, 0.25) is 0 Å². The van der Waals surface area contributed by atoms with E-state index in [1.165, 1.54) is 0 Å². The molecule has 2 atom stereocenters. The molecular formula is C23H26N6O3. The number of nitrogens with zero attached hydrogens (tertiary/aromatic N) is 4. The van der Waals surface area contributed by atoms with Crippen LogP contribution in [0.3, 0.4) is 0 Å². The van der Waals surface area contributed by atoms with Crippen molar-refractivity contribution in [2.45, 2.75) is 38.3 Å². The Labute approximate surface area is 185 Å². The number of benzene rings is 1. The van der Waals surface area contributed by atoms with Crippen LogP contribution in [0.15, 0.2) is 36.4 Å². The lowest BCUT2D eigenvalue weighted by Crippen LogP contribution is -2.42. The van der Waals surface area contributed by atoms with Crippen molar-refractivity contribution in [3.8, 4) is 0 Å². The predicted molar refractivity (Wildman–Crippen MR) is 117 cm³/mol. The number of hydrogen-bond donors (Lipinski definition) is 2. The average Bonchev–Trinajstić information content (AvgIpc) is 3.45. The van der Waals surface area contributed by atoms with E-state index in [4.69, 9.17) is 4.74 Å². The fraction of sp³-hybridized carbons (Fsp3) is 0.435. The number of carbonyl (C=O) groups is 2. The van der Waals surface area contributed by atoms with Gasteiger partial charge in [-0.2, -0.15) is 5.10 Å². The average molecular weight is 435 g/mol. The predicted octanol–water partition coefficient (Wildman–Crippen LogP) is 2.16. The molecule has 0 saturated carbocycles. The first-order valence-corrected chi connectivity index (χ1v) is 11.0. The molecular weight excluding hydrogens is 408 g/mol. The number of nitrogens with one attached hydrogen (secondary N) is 2. The number of H-pyrrole nitrogens is 1. The zero-order valence-electron chi connectivity index (χ0n) is 18.0. The van der Waals surface area contributed by atoms with E-state index in [2.05, 4.69) is 25.5 Å². The van der Waals surface area contributed by atoms with Crippen LogP contribution in [0.4, 0.5) is 0 Å². The number of para-hydroxylation sites is 1. The third-order valence-electron chi connectivity index (χ3n) is 6.23. The van der Waals surface area contributed by atoms with E-state index in [-0.39, 0.29) is 29.8 Å². The summed E-state index contributed by atoms with van der Waals surface area (Å²) in [7, 11) is 0. The molecule has 1 aromatic carbocycles. The quantitative estimate of drug-likeness (QED) is 0.651. The molecule has 5 rings (SSSR count). The van der Waals surface area contributed by atoms with Crippen LogP contribution < -0.4 is 5.32 Å². The third-order valence-corrected chi connectivity index (χ3v) is 6.23. The normalized spacial score (nSPS) is 21.7. The van der Waals surface area contributed by atoms with Crippen molar-refractivity contribution in [1.29, 1.82) is 0 Å². The monoisotopic (exact) mass is 434 g/mol. The van der Waals surface area contributed by atoms with Gasteiger partial charge in [0.15, 0.2) is 5.82 Å². The molecule has 2 aliphatic rings. The van der Waals surface area contributed by atoms with Gasteiger partial charge >= 0.3 is 0 Å². The molecule has 2 N–H and O–H groups in total. The number of amides is 2. The number of aromatic amines is 1. The summed E-state index contributed by atoms with van der Waals surface area (Å²) in [4.78, 5) is 37.0. The molecule has 9 nitrogen and oxygen atoms in total. The summed E-state index contributed by atoms with van der Waals surface area (Å²) in [6.07, 6.45) is 2.02. The molecule has 4 heterocycles. The number of carbonyl (C=O) groups excluding carboxylic acids is 2. The summed E-state index contributed by atoms with van der Waals surface area (Å²) in [5, 5.41) is 11.3. The van der Waals surface area contributed by atoms with Crippen LogP contribution >= 0.6 is 0 Å². The van der Waals surface area contributed by atoms with E-state index in [1.807, 2.05) is 37.3 Å². The van der Waals surface area contributed by atoms with E-state index in [0.717, 1.165) is 23.7 Å². The van der Waals surface area contributed by atoms with Crippen LogP contribution in [-0.2, 0) is 9.53 Å². The third kappa shape index (κ3) is 4.08. The number of aryl methyl sites for hydroxylation is 1. The molecule has 9 heteroatoms. The summed E-state index contributed by atoms with van der Waals surface area (Å²) in [5.74, 6) is 1.04. The Morgan fingerprint density at radius 2 is 1.94 bits per heavy atom. The maximum atomic E-state index is 13.5. The smallest absolute Gasteiger partial charge is 0.273 e. The molecule has 2 amide bonds. The number of pyridine rings is 1. The fourth-order valence-electron chi connectivity index (χ4n) is 4.53. The Balaban J connectivity index is 1.38. The minimum Gasteiger partial charge on any atom is -0.381 e. The molecule has 2 saturated heterocycles. The first-order chi connectivity index (χ1) is 15.6. The zero-order chi connectivity index (χ0) is 22.1. The molecule has 2 aliphatic heterocycles. The van der Waals surface area contributed by atoms with E-state index < -0.39 is 0 Å². The second kappa shape index (κ2) is 8.66. The molecule has 166 valence electrons. The van der Waals surface area contributed by atoms with Crippen LogP contribution in [0.1, 0.15) is 47.4 Å². The number of likely N-dealkylation sites (tertiary alicyclic amines) is 1. The standard InChI is InChI=1S/C23H26N6O3/c1-14-24-21(28-27-14)20-12-17(25-22(30)16-8-10-32-11-9-16)13-29(20)23(31)19-7-6-15-4-2-3-5-18(15)26-19/h2-7,16-17,20H,8-13H2,1H3,(H,25,30)(H,24,27,28)/t17-,20-/m0/s1. The highest BCUT2D eigenvalue weighted by Gasteiger charge is 2.40. The van der Waals surface area contributed by atoms with E-state index in [1.54, 1.807) is 11.0 Å². The van der Waals surface area contributed by atoms with Crippen molar-refractivity contribution in [2.75, 3.05) is 19.8 Å². The molecule has 32 heavy (non-hydrogen) atoms. The van der Waals surface area contributed by atoms with Crippen LogP contribution in [-0.4, -0.2) is 62.7 Å². The largest absolute Gasteiger partial charge is 0.381 e. The molecule has 0 spiro atoms. The fourth-order valence-corrected chi connectivity index (χ4v) is 4.53. The molecule has 3 aromatic rings. The van der Waals surface area contributed by atoms with Gasteiger partial charge in [-0.1, -0.05) is 24.3 Å². The lowest BCUT2D eigenvalue weighted by Gasteiger charge is -2.23. The highest BCUT2D eigenvalue weighted by molar-refractivity contribution is 5.95. The van der Waals surface area contributed by atoms with Gasteiger partial charge in [0.05, 0.1) is 11.6 Å². The van der Waals surface area contributed by atoms with Gasteiger partial charge in [0.1, 0.15) is 11.5 Å². The summed E-state index contributed by atoms with van der Waals surface area (Å²) < 4.78 is 5.37. The van der Waals surface area contributed by atoms with E-state index in [9.17, 15) is 9.59 Å². The Bertz CT molecular complexity index is 1140. The molecule has 0 aliphatic carbocycles. The van der Waals surface area contributed by atoms with Crippen molar-refractivity contribution >= 4 is 22.7 Å². The lowest BCUT2D eigenvalue weighted by atomic mass is 9.99. The second-order valence-electron chi connectivity index (χ2n) is 8.47. The van der Waals surface area contributed by atoms with Crippen LogP contribution in [0, 0.1) is 12.8 Å². The highest BCUT2D eigenvalue weighted by atomic mass is 16.5. The minimum absolute atomic E-state index is 0.0290. The van der Waals surface area contributed by atoms with Gasteiger partial charge in [-0.25, -0.2) is 9.97 Å². The Hall–Kier alpha value is -3.33. The van der Waals surface area contributed by atoms with Crippen molar-refractivity contribution < 1.29 is 14.3 Å². The van der Waals surface area contributed by atoms with Crippen LogP contribution in [0.25, 0.3) is 10.9 Å². The van der Waals surface area contributed by atoms with Crippen molar-refractivity contribution in [2.24, 2.45) is 5.92 Å². The first kappa shape index (κ1) is 20.6. The Morgan fingerprint density at radius 3 is 2.72 bits per heavy atom. The maximum Gasteiger partial charge on any atom is 0.273 e. The number of ether oxygens (including phenoxy) is 1. The van der Waals surface area contributed by atoms with Crippen molar-refractivity contribution in [3.63, 3.8) is 0 Å². The molecule has 0 radical (unpaired) electrons. The summed E-state index contributed by atoms with van der Waals surface area (Å²) in [5.41, 5.74) is 1.14. The summed E-state index contributed by atoms with van der Waals surface area (Å²) in [6, 6.07) is 10.9. The minimum atomic E-state index is -0.333. The molecule has 2 fully saturated rings. The second-order valence-corrected chi connectivity index (χ2v) is 8.47. The number of fused-ring (bicyclic) bond motifs is 1. The Morgan fingerprint density at radius 1 is 1.12 bits per heavy atom. The van der Waals surface area contributed by atoms with E-state index >= 15 is 0 Å². The highest BCUT2D eigenvalue weighted by Crippen LogP contribution is 2.32. The SMILES string of the molecule is Cc1nc([C@@H]2C[C@H](NC(=O)C3CCOCC3)CN2C(=O)c2ccc3ccccc3n2)n[nH]1. The van der Waals surface area contributed by atoms with Gasteiger partial charge in [0.2, 0.25) is 5.91 Å². The molecule has 2 aromatic heterocycles. The van der Waals surface area contributed by atoms with Crippen LogP contribution in [0.5, 0.6) is 0 Å². The summed E-state index contributed by atoms with van der Waals surface area (Å²) >= 11 is 0. The maximum absolute atomic E-state index is 13.5. The van der Waals surface area contributed by atoms with Crippen molar-refractivity contribution in [3.05, 3.63) is 53.7 Å². The first-order valence-electron chi connectivity index (χ1n) is 11.0. The molecule has 0 bridgehead atoms. The van der Waals surface area contributed by atoms with E-state index in [0.29, 0.717) is 43.5 Å². The Kier molecular flexibility index (Phi) is 5.57. The summed E-state index contributed by atoms with van der Waals surface area (Å²) in [6.45, 7) is 3.44. The number of aromatic nitrogens is 4. The lowest BCUT2D eigenvalue weighted by molar-refractivity contribution is -0.128. The van der Waals surface area contributed by atoms with Gasteiger partial charge in [0, 0.05) is 37.1 Å². The number of rotatable bonds is 4. The molecule has 0 unspecified atom stereocenters. The van der Waals surface area contributed by atoms with Gasteiger partial charge in [0.25, 0.3) is 5.91 Å².